The van der Waals surface area contributed by atoms with E-state index in [1.54, 1.807) is 12.1 Å². The first-order valence-corrected chi connectivity index (χ1v) is 12.0. The quantitative estimate of drug-likeness (QED) is 0.170. The van der Waals surface area contributed by atoms with Crippen LogP contribution in [-0.4, -0.2) is 56.5 Å². The predicted octanol–water partition coefficient (Wildman–Crippen LogP) is 5.17. The molecule has 0 saturated heterocycles. The van der Waals surface area contributed by atoms with Crippen LogP contribution >= 0.6 is 0 Å². The van der Waals surface area contributed by atoms with Crippen LogP contribution in [0.5, 0.6) is 17.2 Å². The Morgan fingerprint density at radius 2 is 1.79 bits per heavy atom. The molecule has 1 N–H and O–H groups in total. The third-order valence-corrected chi connectivity index (χ3v) is 5.50. The zero-order chi connectivity index (χ0) is 25.0. The van der Waals surface area contributed by atoms with E-state index in [1.165, 1.54) is 0 Å². The van der Waals surface area contributed by atoms with Gasteiger partial charge in [0.25, 0.3) is 5.91 Å². The average Bonchev–Trinajstić information content (AvgIpc) is 2.80. The van der Waals surface area contributed by atoms with Gasteiger partial charge in [0.15, 0.2) is 23.8 Å². The van der Waals surface area contributed by atoms with Gasteiger partial charge in [-0.25, -0.2) is 0 Å². The number of likely N-dealkylation sites (N-methyl/N-ethyl adjacent to an activating group) is 2. The molecule has 184 valence electrons. The molecular formula is C28H39N2O4+. The molecule has 1 amide bonds. The molecule has 0 saturated carbocycles. The number of amides is 1. The predicted molar refractivity (Wildman–Crippen MR) is 137 cm³/mol. The van der Waals surface area contributed by atoms with Crippen LogP contribution in [0.1, 0.15) is 49.0 Å². The van der Waals surface area contributed by atoms with Crippen molar-refractivity contribution < 1.29 is 23.5 Å². The van der Waals surface area contributed by atoms with Crippen molar-refractivity contribution in [3.8, 4) is 17.2 Å². The normalized spacial score (nSPS) is 11.1. The van der Waals surface area contributed by atoms with Gasteiger partial charge in [-0.2, -0.15) is 0 Å². The van der Waals surface area contributed by atoms with Crippen LogP contribution in [-0.2, 0) is 11.2 Å². The van der Waals surface area contributed by atoms with E-state index in [0.29, 0.717) is 59.8 Å². The number of unbranched alkanes of at least 4 members (excludes halogenated alkanes) is 1. The molecule has 0 bridgehead atoms. The van der Waals surface area contributed by atoms with Crippen LogP contribution in [0.25, 0.3) is 0 Å². The Morgan fingerprint density at radius 3 is 2.44 bits per heavy atom. The van der Waals surface area contributed by atoms with Crippen LogP contribution in [0, 0.1) is 0 Å². The number of carbonyl (C=O) groups excluding carboxylic acids is 2. The maximum absolute atomic E-state index is 11.9. The number of quaternary nitrogens is 1. The number of rotatable bonds is 15. The van der Waals surface area contributed by atoms with E-state index in [2.05, 4.69) is 26.0 Å². The highest BCUT2D eigenvalue weighted by Gasteiger charge is 2.19. The van der Waals surface area contributed by atoms with Crippen LogP contribution in [0.4, 0.5) is 0 Å². The number of hydrogen-bond acceptors (Lipinski definition) is 4. The zero-order valence-corrected chi connectivity index (χ0v) is 21.1. The molecule has 6 nitrogen and oxygen atoms in total. The Kier molecular flexibility index (Phi) is 10.8. The van der Waals surface area contributed by atoms with Crippen molar-refractivity contribution in [3.63, 3.8) is 0 Å². The lowest BCUT2D eigenvalue weighted by atomic mass is 10.1. The number of hydrogen-bond donors (Lipinski definition) is 1. The van der Waals surface area contributed by atoms with Gasteiger partial charge in [0.1, 0.15) is 5.75 Å². The average molecular weight is 468 g/mol. The maximum atomic E-state index is 11.9. The van der Waals surface area contributed by atoms with E-state index >= 15 is 0 Å². The summed E-state index contributed by atoms with van der Waals surface area (Å²) in [5.41, 5.74) is 1.69. The lowest BCUT2D eigenvalue weighted by molar-refractivity contribution is -0.882. The molecule has 6 heteroatoms. The summed E-state index contributed by atoms with van der Waals surface area (Å²) < 4.78 is 13.0. The molecule has 0 aliphatic heterocycles. The summed E-state index contributed by atoms with van der Waals surface area (Å²) in [6.45, 7) is 10.2. The summed E-state index contributed by atoms with van der Waals surface area (Å²) in [6.07, 6.45) is 4.81. The van der Waals surface area contributed by atoms with Crippen molar-refractivity contribution in [3.05, 3.63) is 66.2 Å². The van der Waals surface area contributed by atoms with Gasteiger partial charge in [0.05, 0.1) is 27.2 Å². The molecule has 34 heavy (non-hydrogen) atoms. The van der Waals surface area contributed by atoms with E-state index in [-0.39, 0.29) is 11.7 Å². The van der Waals surface area contributed by atoms with E-state index in [4.69, 9.17) is 9.47 Å². The molecule has 0 fully saturated rings. The molecular weight excluding hydrogens is 428 g/mol. The van der Waals surface area contributed by atoms with Gasteiger partial charge >= 0.3 is 0 Å². The lowest BCUT2D eigenvalue weighted by Gasteiger charge is -2.29. The number of nitrogens with zero attached hydrogens (tertiary/aromatic N) is 1. The fourth-order valence-corrected chi connectivity index (χ4v) is 3.70. The van der Waals surface area contributed by atoms with Crippen molar-refractivity contribution in [2.75, 3.05) is 40.3 Å². The van der Waals surface area contributed by atoms with E-state index < -0.39 is 0 Å². The van der Waals surface area contributed by atoms with Gasteiger partial charge in [-0.1, -0.05) is 25.1 Å². The Bertz CT molecular complexity index is 951. The first-order chi connectivity index (χ1) is 16.3. The highest BCUT2D eigenvalue weighted by atomic mass is 16.5. The molecule has 0 atom stereocenters. The molecule has 0 aliphatic carbocycles. The highest BCUT2D eigenvalue weighted by Crippen LogP contribution is 2.35. The fraction of sp³-hybridized carbons (Fsp3) is 0.429. The minimum absolute atomic E-state index is 0.0796. The minimum atomic E-state index is 0.0796. The van der Waals surface area contributed by atoms with Crippen LogP contribution < -0.4 is 14.8 Å². The highest BCUT2D eigenvalue weighted by molar-refractivity contribution is 5.95. The van der Waals surface area contributed by atoms with E-state index in [1.807, 2.05) is 50.3 Å². The Balaban J connectivity index is 2.00. The molecule has 2 aromatic rings. The number of benzene rings is 2. The number of ether oxygens (including phenoxy) is 2. The number of allylic oxidation sites excluding steroid dienone is 1. The summed E-state index contributed by atoms with van der Waals surface area (Å²) in [6, 6.07) is 13.0. The Hall–Kier alpha value is -3.12. The summed E-state index contributed by atoms with van der Waals surface area (Å²) in [5, 5.41) is 2.86. The topological polar surface area (TPSA) is 64.6 Å². The Labute approximate surface area is 204 Å². The van der Waals surface area contributed by atoms with Gasteiger partial charge in [-0.15, -0.1) is 6.58 Å². The summed E-state index contributed by atoms with van der Waals surface area (Å²) in [5.74, 6) is 2.19. The van der Waals surface area contributed by atoms with Crippen molar-refractivity contribution in [2.45, 2.75) is 39.5 Å². The molecule has 2 rings (SSSR count). The number of ketones is 1. The Morgan fingerprint density at radius 1 is 1.06 bits per heavy atom. The molecule has 0 heterocycles. The molecule has 0 aliphatic rings. The molecule has 0 spiro atoms. The summed E-state index contributed by atoms with van der Waals surface area (Å²) in [4.78, 5) is 23.8. The van der Waals surface area contributed by atoms with Crippen molar-refractivity contribution in [2.24, 2.45) is 0 Å². The van der Waals surface area contributed by atoms with Crippen molar-refractivity contribution >= 4 is 11.7 Å². The van der Waals surface area contributed by atoms with Gasteiger partial charge in [0, 0.05) is 24.1 Å². The van der Waals surface area contributed by atoms with Crippen LogP contribution in [0.15, 0.2) is 55.1 Å². The fourth-order valence-electron chi connectivity index (χ4n) is 3.70. The smallest absolute Gasteiger partial charge is 0.275 e. The number of para-hydroxylation sites is 1. The van der Waals surface area contributed by atoms with Gasteiger partial charge in [0.2, 0.25) is 0 Å². The molecule has 0 radical (unpaired) electrons. The summed E-state index contributed by atoms with van der Waals surface area (Å²) >= 11 is 0. The molecule has 0 aromatic heterocycles. The number of carbonyl (C=O) groups is 2. The minimum Gasteiger partial charge on any atom is -0.489 e. The van der Waals surface area contributed by atoms with E-state index in [9.17, 15) is 9.59 Å². The van der Waals surface area contributed by atoms with Gasteiger partial charge < -0.3 is 19.3 Å². The monoisotopic (exact) mass is 467 g/mol. The third kappa shape index (κ3) is 8.67. The summed E-state index contributed by atoms with van der Waals surface area (Å²) in [7, 11) is 4.14. The van der Waals surface area contributed by atoms with Gasteiger partial charge in [-0.05, 0) is 56.5 Å². The second kappa shape index (κ2) is 13.6. The van der Waals surface area contributed by atoms with Crippen molar-refractivity contribution in [1.29, 1.82) is 0 Å². The molecule has 2 aromatic carbocycles. The third-order valence-electron chi connectivity index (χ3n) is 5.50. The molecule has 0 unspecified atom stereocenters. The van der Waals surface area contributed by atoms with E-state index in [0.717, 1.165) is 24.9 Å². The standard InChI is InChI=1S/C28H38N2O4/c1-6-12-23-13-11-14-26(34-24-17-15-22(16-18-24)25(31)7-2)28(23)33-20-10-9-19-30(4,5)21-27(32)29-8-3/h6,11,13-18H,1,7-10,12,19-21H2,2-5H3/p+1. The second-order valence-corrected chi connectivity index (χ2v) is 8.97. The lowest BCUT2D eigenvalue weighted by Crippen LogP contribution is -2.48. The maximum Gasteiger partial charge on any atom is 0.275 e. The number of nitrogens with one attached hydrogen (secondary N) is 1. The first kappa shape index (κ1) is 27.1. The SMILES string of the molecule is C=CCc1cccc(Oc2ccc(C(=O)CC)cc2)c1OCCCC[N+](C)(C)CC(=O)NCC. The number of Topliss-reactive ketones (excluding diaryl/α,β-unsaturated/α-hetero) is 1. The van der Waals surface area contributed by atoms with Crippen LogP contribution in [0.3, 0.4) is 0 Å². The van der Waals surface area contributed by atoms with Gasteiger partial charge in [-0.3, -0.25) is 9.59 Å². The van der Waals surface area contributed by atoms with Crippen LogP contribution in [0.2, 0.25) is 0 Å². The van der Waals surface area contributed by atoms with Crippen molar-refractivity contribution in [1.82, 2.24) is 5.32 Å². The zero-order valence-electron chi connectivity index (χ0n) is 21.1. The first-order valence-electron chi connectivity index (χ1n) is 12.0. The largest absolute Gasteiger partial charge is 0.489 e. The second-order valence-electron chi connectivity index (χ2n) is 8.97.